The van der Waals surface area contributed by atoms with Gasteiger partial charge in [0.1, 0.15) is 23.9 Å². The van der Waals surface area contributed by atoms with Crippen molar-refractivity contribution >= 4 is 77.7 Å². The number of nitrogen functional groups attached to an aromatic ring is 1. The van der Waals surface area contributed by atoms with Crippen molar-refractivity contribution in [2.45, 2.75) is 58.5 Å². The van der Waals surface area contributed by atoms with E-state index in [2.05, 4.69) is 22.4 Å². The molecule has 308 valence electrons. The first-order chi connectivity index (χ1) is 25.5. The van der Waals surface area contributed by atoms with Gasteiger partial charge >= 0.3 is 19.5 Å². The number of hydrogen-bond acceptors (Lipinski definition) is 12. The highest BCUT2D eigenvalue weighted by Gasteiger charge is 2.23. The van der Waals surface area contributed by atoms with Gasteiger partial charge in [0.2, 0.25) is 11.1 Å². The number of aromatic nitrogens is 3. The fraction of sp³-hybridized carbons (Fsp3) is 0.455. The van der Waals surface area contributed by atoms with Gasteiger partial charge in [-0.05, 0) is 49.8 Å². The second kappa shape index (κ2) is 24.9. The minimum atomic E-state index is -4.10. The number of rotatable bonds is 13. The number of thioether (sulfide) groups is 1. The van der Waals surface area contributed by atoms with E-state index in [1.807, 2.05) is 52.8 Å². The molecule has 0 fully saturated rings. The normalized spacial score (nSPS) is 10.8. The van der Waals surface area contributed by atoms with Gasteiger partial charge in [-0.3, -0.25) is 29.2 Å². The van der Waals surface area contributed by atoms with E-state index in [1.54, 1.807) is 11.2 Å². The molecule has 1 heterocycles. The number of aryl methyl sites for hydroxylation is 2. The summed E-state index contributed by atoms with van der Waals surface area (Å²) < 4.78 is 21.3. The highest BCUT2D eigenvalue weighted by atomic mass is 35.5. The summed E-state index contributed by atoms with van der Waals surface area (Å²) in [5.41, 5.74) is 2.79. The Morgan fingerprint density at radius 2 is 1.67 bits per heavy atom. The number of nitrogens with two attached hydrogens (primary N) is 1. The van der Waals surface area contributed by atoms with E-state index >= 15 is 0 Å². The van der Waals surface area contributed by atoms with Crippen LogP contribution in [0.25, 0.3) is 0 Å². The molecule has 3 rings (SSSR count). The zero-order valence-corrected chi connectivity index (χ0v) is 35.6. The molecular formula is C33H48Cl3N6O11PS. The molecule has 7 N–H and O–H groups in total. The van der Waals surface area contributed by atoms with Crippen LogP contribution in [0.3, 0.4) is 0 Å². The second-order valence-corrected chi connectivity index (χ2v) is 15.4. The molecule has 22 heteroatoms. The predicted octanol–water partition coefficient (Wildman–Crippen LogP) is 4.99. The molecule has 1 amide bonds. The Bertz CT molecular complexity index is 1840. The van der Waals surface area contributed by atoms with E-state index in [0.29, 0.717) is 17.5 Å². The summed E-state index contributed by atoms with van der Waals surface area (Å²) in [6, 6.07) is 8.92. The van der Waals surface area contributed by atoms with Crippen molar-refractivity contribution < 1.29 is 48.4 Å². The van der Waals surface area contributed by atoms with Gasteiger partial charge in [0, 0.05) is 12.0 Å². The third-order valence-corrected chi connectivity index (χ3v) is 8.76. The first kappa shape index (κ1) is 51.5. The molecule has 0 radical (unpaired) electrons. The minimum Gasteiger partial charge on any atom is -0.494 e. The lowest BCUT2D eigenvalue weighted by atomic mass is 9.93. The van der Waals surface area contributed by atoms with Crippen LogP contribution < -0.4 is 26.4 Å². The summed E-state index contributed by atoms with van der Waals surface area (Å²) in [5.74, 6) is 3.18. The fourth-order valence-corrected chi connectivity index (χ4v) is 5.56. The number of aromatic carboxylic acids is 1. The number of carboxylic acid groups (broad SMARTS) is 2. The molecule has 0 bridgehead atoms. The maximum atomic E-state index is 12.0. The standard InChI is InChI=1S/C14H20ClNO2.C8H6Cl2O3.C8H14N4OS.C3H8NO5P/c1-4-12-8-6-7-11(3)14(12)16(10-18-5-2)13(17)9-15;1-13-7-5(10)3-2-4(9)6(7)8(11)12;1-8(2,3)5-6(13)12(9)7(14-4)11-10-5;5-3(6)1-4-2-10(7,8)9/h6-8H,4-5,9-10H2,1-3H3;2-3H,1H3,(H,11,12);9H2,1-4H3;4H,1-2H2,(H,5,6)(H2,7,8,9). The van der Waals surface area contributed by atoms with Crippen LogP contribution in [0.15, 0.2) is 40.3 Å². The van der Waals surface area contributed by atoms with Crippen LogP contribution in [0.5, 0.6) is 5.75 Å². The minimum absolute atomic E-state index is 0.0371. The Morgan fingerprint density at radius 1 is 1.07 bits per heavy atom. The van der Waals surface area contributed by atoms with Crippen molar-refractivity contribution in [3.05, 3.63) is 73.1 Å². The molecule has 0 atom stereocenters. The number of alkyl halides is 1. The number of benzene rings is 2. The molecule has 0 spiro atoms. The van der Waals surface area contributed by atoms with E-state index in [1.165, 1.54) is 31.0 Å². The molecule has 0 aliphatic rings. The van der Waals surface area contributed by atoms with Gasteiger partial charge in [-0.25, -0.2) is 4.79 Å². The topological polar surface area (TPSA) is 257 Å². The van der Waals surface area contributed by atoms with Crippen LogP contribution in [0.2, 0.25) is 10.0 Å². The van der Waals surface area contributed by atoms with Gasteiger partial charge in [-0.1, -0.05) is 80.9 Å². The van der Waals surface area contributed by atoms with Crippen molar-refractivity contribution in [2.24, 2.45) is 0 Å². The van der Waals surface area contributed by atoms with Gasteiger partial charge in [0.25, 0.3) is 5.56 Å². The van der Waals surface area contributed by atoms with Crippen molar-refractivity contribution in [1.29, 1.82) is 0 Å². The largest absolute Gasteiger partial charge is 0.494 e. The number of methoxy groups -OCH3 is 1. The number of nitrogens with zero attached hydrogens (tertiary/aromatic N) is 4. The lowest BCUT2D eigenvalue weighted by molar-refractivity contribution is -0.135. The summed E-state index contributed by atoms with van der Waals surface area (Å²) in [6.45, 7) is 12.1. The first-order valence-corrected chi connectivity index (χ1v) is 20.4. The van der Waals surface area contributed by atoms with Crippen LogP contribution >= 0.6 is 54.2 Å². The number of carbonyl (C=O) groups excluding carboxylic acids is 1. The molecule has 0 aliphatic heterocycles. The lowest BCUT2D eigenvalue weighted by Crippen LogP contribution is -2.37. The quantitative estimate of drug-likeness (QED) is 0.0435. The number of para-hydroxylation sites is 1. The monoisotopic (exact) mass is 872 g/mol. The van der Waals surface area contributed by atoms with Crippen molar-refractivity contribution in [3.8, 4) is 5.75 Å². The van der Waals surface area contributed by atoms with Crippen LogP contribution in [-0.2, 0) is 30.7 Å². The molecule has 2 aromatic carbocycles. The highest BCUT2D eigenvalue weighted by Crippen LogP contribution is 2.34. The third kappa shape index (κ3) is 17.9. The van der Waals surface area contributed by atoms with Gasteiger partial charge in [0.05, 0.1) is 35.7 Å². The van der Waals surface area contributed by atoms with Crippen LogP contribution in [-0.4, -0.2) is 98.1 Å². The molecule has 0 unspecified atom stereocenters. The van der Waals surface area contributed by atoms with E-state index in [4.69, 9.17) is 70.1 Å². The second-order valence-electron chi connectivity index (χ2n) is 11.9. The average Bonchev–Trinajstić information content (AvgIpc) is 3.10. The van der Waals surface area contributed by atoms with E-state index in [0.717, 1.165) is 27.9 Å². The number of anilines is 1. The van der Waals surface area contributed by atoms with Gasteiger partial charge in [-0.2, -0.15) is 4.68 Å². The maximum absolute atomic E-state index is 12.0. The Kier molecular flexibility index (Phi) is 23.4. The van der Waals surface area contributed by atoms with E-state index in [-0.39, 0.29) is 50.9 Å². The van der Waals surface area contributed by atoms with E-state index < -0.39 is 32.4 Å². The zero-order chi connectivity index (χ0) is 42.7. The molecule has 0 saturated heterocycles. The summed E-state index contributed by atoms with van der Waals surface area (Å²) in [4.78, 5) is 62.2. The lowest BCUT2D eigenvalue weighted by Gasteiger charge is -2.25. The summed E-state index contributed by atoms with van der Waals surface area (Å²) in [6.07, 6.45) is 2.07. The summed E-state index contributed by atoms with van der Waals surface area (Å²) >= 11 is 18.3. The Balaban J connectivity index is 0.000000722. The van der Waals surface area contributed by atoms with Crippen molar-refractivity contribution in [2.75, 3.05) is 56.2 Å². The molecule has 1 aromatic heterocycles. The smallest absolute Gasteiger partial charge is 0.341 e. The summed E-state index contributed by atoms with van der Waals surface area (Å²) in [5, 5.41) is 27.4. The maximum Gasteiger partial charge on any atom is 0.341 e. The SMILES string of the molecule is CCOCN(C(=O)CCl)c1c(C)cccc1CC.COc1c(Cl)ccc(Cl)c1C(=O)O.CSc1nnc(C(C)(C)C)c(=O)n1N.O=C(O)CNCP(=O)(O)O. The number of hydrogen-bond donors (Lipinski definition) is 6. The Hall–Kier alpha value is -3.45. The number of nitrogens with one attached hydrogen (secondary N) is 1. The Morgan fingerprint density at radius 3 is 2.11 bits per heavy atom. The number of ether oxygens (including phenoxy) is 2. The van der Waals surface area contributed by atoms with Gasteiger partial charge in [0.15, 0.2) is 5.75 Å². The first-order valence-electron chi connectivity index (χ1n) is 16.1. The van der Waals surface area contributed by atoms with Crippen LogP contribution in [0, 0.1) is 6.92 Å². The Labute approximate surface area is 338 Å². The number of aliphatic carboxylic acids is 1. The van der Waals surface area contributed by atoms with Gasteiger partial charge < -0.3 is 35.3 Å². The molecule has 3 aromatic rings. The fourth-order valence-electron chi connectivity index (χ4n) is 4.14. The highest BCUT2D eigenvalue weighted by molar-refractivity contribution is 7.98. The molecule has 0 aliphatic carbocycles. The number of carboxylic acids is 2. The van der Waals surface area contributed by atoms with Crippen molar-refractivity contribution in [1.82, 2.24) is 20.2 Å². The zero-order valence-electron chi connectivity index (χ0n) is 31.6. The molecule has 0 saturated carbocycles. The molecule has 55 heavy (non-hydrogen) atoms. The van der Waals surface area contributed by atoms with Crippen LogP contribution in [0.1, 0.15) is 61.8 Å². The van der Waals surface area contributed by atoms with Gasteiger partial charge in [-0.15, -0.1) is 21.8 Å². The van der Waals surface area contributed by atoms with Crippen LogP contribution in [0.4, 0.5) is 5.69 Å². The molecular weight excluding hydrogens is 826 g/mol. The number of amides is 1. The summed E-state index contributed by atoms with van der Waals surface area (Å²) in [7, 11) is -2.76. The number of halogens is 3. The van der Waals surface area contributed by atoms with Crippen molar-refractivity contribution in [3.63, 3.8) is 0 Å². The predicted molar refractivity (Wildman–Crippen MR) is 215 cm³/mol. The molecule has 17 nitrogen and oxygen atoms in total. The average molecular weight is 874 g/mol. The third-order valence-electron chi connectivity index (χ3n) is 6.64. The number of carbonyl (C=O) groups is 3. The van der Waals surface area contributed by atoms with E-state index in [9.17, 15) is 23.7 Å².